The van der Waals surface area contributed by atoms with Gasteiger partial charge in [-0.25, -0.2) is 13.2 Å². The van der Waals surface area contributed by atoms with E-state index >= 15 is 4.39 Å². The Morgan fingerprint density at radius 1 is 1.24 bits per heavy atom. The fourth-order valence-corrected chi connectivity index (χ4v) is 5.66. The molecule has 0 aromatic heterocycles. The molecule has 206 valence electrons. The van der Waals surface area contributed by atoms with Crippen LogP contribution < -0.4 is 10.1 Å². The molecule has 0 saturated carbocycles. The lowest BCUT2D eigenvalue weighted by Gasteiger charge is -2.44. The van der Waals surface area contributed by atoms with Gasteiger partial charge in [0.2, 0.25) is 0 Å². The van der Waals surface area contributed by atoms with Crippen LogP contribution in [0.2, 0.25) is 5.02 Å². The van der Waals surface area contributed by atoms with Crippen molar-refractivity contribution in [2.75, 3.05) is 32.9 Å². The summed E-state index contributed by atoms with van der Waals surface area (Å²) in [6.45, 7) is 1.88. The molecule has 1 heterocycles. The minimum absolute atomic E-state index is 0.00204. The van der Waals surface area contributed by atoms with E-state index < -0.39 is 42.9 Å². The highest BCUT2D eigenvalue weighted by Crippen LogP contribution is 2.52. The summed E-state index contributed by atoms with van der Waals surface area (Å²) in [5, 5.41) is 12.6. The summed E-state index contributed by atoms with van der Waals surface area (Å²) in [4.78, 5) is 13.1. The highest BCUT2D eigenvalue weighted by Gasteiger charge is 2.46. The highest BCUT2D eigenvalue weighted by molar-refractivity contribution is 6.33. The number of halogens is 5. The van der Waals surface area contributed by atoms with Gasteiger partial charge in [-0.3, -0.25) is 14.1 Å². The van der Waals surface area contributed by atoms with Crippen LogP contribution >= 0.6 is 11.6 Å². The van der Waals surface area contributed by atoms with E-state index in [9.17, 15) is 23.1 Å². The van der Waals surface area contributed by atoms with Gasteiger partial charge in [-0.1, -0.05) is 42.8 Å². The molecule has 0 saturated heterocycles. The van der Waals surface area contributed by atoms with Gasteiger partial charge in [0.1, 0.15) is 18.2 Å². The molecule has 0 fully saturated rings. The Bertz CT molecular complexity index is 1190. The van der Waals surface area contributed by atoms with Gasteiger partial charge >= 0.3 is 5.97 Å². The smallest absolute Gasteiger partial charge is 0.307 e. The van der Waals surface area contributed by atoms with Crippen LogP contribution in [0, 0.1) is 11.7 Å². The number of alkyl halides is 3. The van der Waals surface area contributed by atoms with Crippen LogP contribution in [0.3, 0.4) is 0 Å². The largest absolute Gasteiger partial charge is 0.491 e. The zero-order valence-electron chi connectivity index (χ0n) is 21.0. The first kappa shape index (κ1) is 28.4. The summed E-state index contributed by atoms with van der Waals surface area (Å²) in [5.74, 6) is -2.59. The molecule has 1 aliphatic heterocycles. The number of ether oxygens (including phenoxy) is 1. The summed E-state index contributed by atoms with van der Waals surface area (Å²) in [6.07, 6.45) is -1.98. The molecule has 38 heavy (non-hydrogen) atoms. The Balaban J connectivity index is 1.76. The first-order chi connectivity index (χ1) is 18.2. The molecule has 5 nitrogen and oxygen atoms in total. The van der Waals surface area contributed by atoms with E-state index in [0.717, 1.165) is 22.3 Å². The Morgan fingerprint density at radius 2 is 2.00 bits per heavy atom. The fraction of sp³-hybridized carbons (Fsp3) is 0.464. The van der Waals surface area contributed by atoms with Crippen LogP contribution in [-0.2, 0) is 11.2 Å². The first-order valence-corrected chi connectivity index (χ1v) is 13.1. The molecule has 1 aliphatic carbocycles. The quantitative estimate of drug-likeness (QED) is 0.252. The third-order valence-corrected chi connectivity index (χ3v) is 7.59. The number of benzene rings is 2. The highest BCUT2D eigenvalue weighted by atomic mass is 35.5. The molecule has 3 atom stereocenters. The van der Waals surface area contributed by atoms with Gasteiger partial charge in [0.15, 0.2) is 0 Å². The number of carboxylic acids is 1. The Morgan fingerprint density at radius 3 is 2.71 bits per heavy atom. The molecule has 2 aromatic rings. The molecule has 10 heteroatoms. The van der Waals surface area contributed by atoms with Crippen molar-refractivity contribution in [1.29, 1.82) is 0 Å². The summed E-state index contributed by atoms with van der Waals surface area (Å²) < 4.78 is 62.7. The summed E-state index contributed by atoms with van der Waals surface area (Å²) in [7, 11) is 0. The topological polar surface area (TPSA) is 61.8 Å². The van der Waals surface area contributed by atoms with Gasteiger partial charge < -0.3 is 15.2 Å². The molecule has 0 unspecified atom stereocenters. The molecule has 0 bridgehead atoms. The van der Waals surface area contributed by atoms with Crippen LogP contribution in [0.25, 0.3) is 5.57 Å². The van der Waals surface area contributed by atoms with Crippen molar-refractivity contribution in [2.24, 2.45) is 5.92 Å². The standard InChI is InChI=1S/C28H31ClF4N2O3/c1-16(28(36)37)15-35-22(27(32)33)14-19-18-6-3-2-5-17(18)13-20(19)26(35)24-21(31)7-8-23(25(24)29)38-12-11-34-10-4-9-30/h2-3,5-8,16,22,26-27,34H,4,9-15H2,1H3,(H,36,37)/t16-,22-,26-/m0/s1. The molecule has 4 rings (SSSR count). The van der Waals surface area contributed by atoms with Gasteiger partial charge in [0.05, 0.1) is 29.7 Å². The van der Waals surface area contributed by atoms with Crippen molar-refractivity contribution in [3.63, 3.8) is 0 Å². The van der Waals surface area contributed by atoms with Crippen molar-refractivity contribution in [2.45, 2.75) is 44.7 Å². The third kappa shape index (κ3) is 5.84. The van der Waals surface area contributed by atoms with Crippen LogP contribution in [0.15, 0.2) is 42.0 Å². The average Bonchev–Trinajstić information content (AvgIpc) is 3.26. The monoisotopic (exact) mass is 554 g/mol. The lowest BCUT2D eigenvalue weighted by atomic mass is 9.83. The van der Waals surface area contributed by atoms with Gasteiger partial charge in [-0.2, -0.15) is 0 Å². The molecule has 2 aliphatic rings. The van der Waals surface area contributed by atoms with Crippen LogP contribution in [0.5, 0.6) is 5.75 Å². The number of carbonyl (C=O) groups is 1. The SMILES string of the molecule is C[C@@H](CN1[C@H](c2c(F)ccc(OCCNCCCF)c2Cl)C2=C(C[C@H]1C(F)F)c1ccccc1C2)C(=O)O. The summed E-state index contributed by atoms with van der Waals surface area (Å²) in [6, 6.07) is 7.75. The summed E-state index contributed by atoms with van der Waals surface area (Å²) >= 11 is 6.72. The number of hydrogen-bond acceptors (Lipinski definition) is 4. The zero-order valence-corrected chi connectivity index (χ0v) is 21.8. The molecule has 0 amide bonds. The van der Waals surface area contributed by atoms with Gasteiger partial charge in [0, 0.05) is 18.7 Å². The van der Waals surface area contributed by atoms with Crippen molar-refractivity contribution in [3.05, 3.63) is 69.5 Å². The first-order valence-electron chi connectivity index (χ1n) is 12.7. The lowest BCUT2D eigenvalue weighted by Crippen LogP contribution is -2.49. The number of nitrogens with zero attached hydrogens (tertiary/aromatic N) is 1. The number of fused-ring (bicyclic) bond motifs is 2. The van der Waals surface area contributed by atoms with Gasteiger partial charge in [-0.15, -0.1) is 0 Å². The second-order valence-corrected chi connectivity index (χ2v) is 10.1. The maximum atomic E-state index is 15.6. The fourth-order valence-electron chi connectivity index (χ4n) is 5.34. The van der Waals surface area contributed by atoms with Crippen molar-refractivity contribution >= 4 is 23.1 Å². The maximum absolute atomic E-state index is 15.6. The molecule has 0 spiro atoms. The van der Waals surface area contributed by atoms with E-state index in [-0.39, 0.29) is 35.9 Å². The Labute approximate surface area is 224 Å². The van der Waals surface area contributed by atoms with Crippen molar-refractivity contribution < 1.29 is 32.2 Å². The van der Waals surface area contributed by atoms with E-state index in [1.807, 2.05) is 24.3 Å². The van der Waals surface area contributed by atoms with Crippen molar-refractivity contribution in [3.8, 4) is 5.75 Å². The zero-order chi connectivity index (χ0) is 27.4. The van der Waals surface area contributed by atoms with Crippen molar-refractivity contribution in [1.82, 2.24) is 10.2 Å². The minimum atomic E-state index is -2.79. The number of nitrogens with one attached hydrogen (secondary N) is 1. The number of rotatable bonds is 12. The van der Waals surface area contributed by atoms with E-state index in [2.05, 4.69) is 5.32 Å². The average molecular weight is 555 g/mol. The third-order valence-electron chi connectivity index (χ3n) is 7.20. The molecular formula is C28H31ClF4N2O3. The van der Waals surface area contributed by atoms with E-state index in [0.29, 0.717) is 25.9 Å². The predicted octanol–water partition coefficient (Wildman–Crippen LogP) is 5.92. The normalized spacial score (nSPS) is 20.0. The second-order valence-electron chi connectivity index (χ2n) is 9.70. The Kier molecular flexibility index (Phi) is 9.33. The molecule has 0 radical (unpaired) electrons. The molecule has 2 aromatic carbocycles. The van der Waals surface area contributed by atoms with Crippen LogP contribution in [0.4, 0.5) is 17.6 Å². The van der Waals surface area contributed by atoms with Gasteiger partial charge in [0.25, 0.3) is 6.43 Å². The van der Waals surface area contributed by atoms with Crippen LogP contribution in [0.1, 0.15) is 42.5 Å². The van der Waals surface area contributed by atoms with E-state index in [4.69, 9.17) is 16.3 Å². The molecule has 2 N–H and O–H groups in total. The van der Waals surface area contributed by atoms with Crippen LogP contribution in [-0.4, -0.2) is 61.4 Å². The number of hydrogen-bond donors (Lipinski definition) is 2. The minimum Gasteiger partial charge on any atom is -0.491 e. The predicted molar refractivity (Wildman–Crippen MR) is 138 cm³/mol. The molecular weight excluding hydrogens is 524 g/mol. The summed E-state index contributed by atoms with van der Waals surface area (Å²) in [5.41, 5.74) is 3.28. The Hall–Kier alpha value is -2.62. The number of carboxylic acid groups (broad SMARTS) is 1. The van der Waals surface area contributed by atoms with Gasteiger partial charge in [-0.05, 0) is 60.2 Å². The van der Waals surface area contributed by atoms with E-state index in [1.54, 1.807) is 0 Å². The number of aliphatic carboxylic acids is 1. The maximum Gasteiger partial charge on any atom is 0.307 e. The second kappa shape index (κ2) is 12.5. The lowest BCUT2D eigenvalue weighted by molar-refractivity contribution is -0.142. The van der Waals surface area contributed by atoms with E-state index in [1.165, 1.54) is 24.0 Å².